The lowest BCUT2D eigenvalue weighted by Gasteiger charge is -2.18. The number of carbonyl (C=O) groups is 1. The van der Waals surface area contributed by atoms with Gasteiger partial charge in [-0.05, 0) is 36.6 Å². The van der Waals surface area contributed by atoms with E-state index >= 15 is 0 Å². The van der Waals surface area contributed by atoms with Crippen LogP contribution in [0.5, 0.6) is 0 Å². The molecule has 2 heterocycles. The SMILES string of the molecule is O=Cc1ncn2c1CCc1cc(F)ccc1-2. The summed E-state index contributed by atoms with van der Waals surface area (Å²) < 4.78 is 14.9. The minimum absolute atomic E-state index is 0.224. The minimum Gasteiger partial charge on any atom is -0.302 e. The number of nitrogens with zero attached hydrogens (tertiary/aromatic N) is 2. The lowest BCUT2D eigenvalue weighted by molar-refractivity contribution is 0.111. The predicted octanol–water partition coefficient (Wildman–Crippen LogP) is 1.92. The van der Waals surface area contributed by atoms with Crippen LogP contribution in [0.25, 0.3) is 5.69 Å². The second kappa shape index (κ2) is 3.27. The maximum Gasteiger partial charge on any atom is 0.170 e. The van der Waals surface area contributed by atoms with Gasteiger partial charge in [0.05, 0.1) is 11.4 Å². The number of benzene rings is 1. The van der Waals surface area contributed by atoms with Gasteiger partial charge in [-0.15, -0.1) is 0 Å². The van der Waals surface area contributed by atoms with Gasteiger partial charge in [-0.1, -0.05) is 0 Å². The molecule has 0 saturated heterocycles. The van der Waals surface area contributed by atoms with Crippen molar-refractivity contribution >= 4 is 6.29 Å². The smallest absolute Gasteiger partial charge is 0.170 e. The average Bonchev–Trinajstić information content (AvgIpc) is 2.71. The van der Waals surface area contributed by atoms with E-state index < -0.39 is 0 Å². The second-order valence-electron chi connectivity index (χ2n) is 3.84. The fraction of sp³-hybridized carbons (Fsp3) is 0.167. The minimum atomic E-state index is -0.224. The number of carbonyl (C=O) groups excluding carboxylic acids is 1. The number of aryl methyl sites for hydroxylation is 1. The molecular formula is C12H9FN2O. The first-order chi connectivity index (χ1) is 7.79. The van der Waals surface area contributed by atoms with Gasteiger partial charge in [-0.25, -0.2) is 9.37 Å². The zero-order valence-electron chi connectivity index (χ0n) is 8.48. The van der Waals surface area contributed by atoms with Gasteiger partial charge in [-0.3, -0.25) is 4.79 Å². The summed E-state index contributed by atoms with van der Waals surface area (Å²) in [5.41, 5.74) is 3.27. The van der Waals surface area contributed by atoms with Crippen LogP contribution in [0.2, 0.25) is 0 Å². The van der Waals surface area contributed by atoms with Crippen LogP contribution in [-0.2, 0) is 12.8 Å². The molecule has 0 atom stereocenters. The molecule has 3 rings (SSSR count). The fourth-order valence-electron chi connectivity index (χ4n) is 2.18. The molecule has 80 valence electrons. The zero-order valence-corrected chi connectivity index (χ0v) is 8.48. The number of aldehydes is 1. The van der Waals surface area contributed by atoms with E-state index in [1.807, 2.05) is 4.57 Å². The molecule has 4 heteroatoms. The number of rotatable bonds is 1. The molecule has 3 nitrogen and oxygen atoms in total. The lowest BCUT2D eigenvalue weighted by atomic mass is 10.0. The highest BCUT2D eigenvalue weighted by molar-refractivity contribution is 5.74. The van der Waals surface area contributed by atoms with Crippen molar-refractivity contribution in [3.05, 3.63) is 47.3 Å². The number of fused-ring (bicyclic) bond motifs is 3. The van der Waals surface area contributed by atoms with Crippen LogP contribution in [0.1, 0.15) is 21.7 Å². The molecule has 0 unspecified atom stereocenters. The van der Waals surface area contributed by atoms with Crippen LogP contribution in [0.4, 0.5) is 4.39 Å². The van der Waals surface area contributed by atoms with Crippen molar-refractivity contribution in [3.63, 3.8) is 0 Å². The van der Waals surface area contributed by atoms with Crippen LogP contribution in [0.3, 0.4) is 0 Å². The molecule has 1 aliphatic rings. The highest BCUT2D eigenvalue weighted by Crippen LogP contribution is 2.26. The third-order valence-corrected chi connectivity index (χ3v) is 2.94. The number of hydrogen-bond donors (Lipinski definition) is 0. The van der Waals surface area contributed by atoms with E-state index in [0.717, 1.165) is 36.1 Å². The highest BCUT2D eigenvalue weighted by Gasteiger charge is 2.19. The highest BCUT2D eigenvalue weighted by atomic mass is 19.1. The van der Waals surface area contributed by atoms with Crippen molar-refractivity contribution in [2.45, 2.75) is 12.8 Å². The van der Waals surface area contributed by atoms with Gasteiger partial charge in [0.1, 0.15) is 17.8 Å². The summed E-state index contributed by atoms with van der Waals surface area (Å²) >= 11 is 0. The van der Waals surface area contributed by atoms with E-state index in [-0.39, 0.29) is 5.82 Å². The van der Waals surface area contributed by atoms with E-state index in [9.17, 15) is 9.18 Å². The maximum absolute atomic E-state index is 13.1. The molecule has 1 aliphatic heterocycles. The van der Waals surface area contributed by atoms with Crippen molar-refractivity contribution in [2.24, 2.45) is 0 Å². The molecule has 0 radical (unpaired) electrons. The molecule has 0 aliphatic carbocycles. The summed E-state index contributed by atoms with van der Waals surface area (Å²) in [6.07, 6.45) is 3.86. The van der Waals surface area contributed by atoms with Crippen LogP contribution in [0, 0.1) is 5.82 Å². The molecule has 1 aromatic carbocycles. The van der Waals surface area contributed by atoms with Gasteiger partial charge in [0.25, 0.3) is 0 Å². The van der Waals surface area contributed by atoms with Gasteiger partial charge >= 0.3 is 0 Å². The van der Waals surface area contributed by atoms with Crippen LogP contribution >= 0.6 is 0 Å². The quantitative estimate of drug-likeness (QED) is 0.682. The Morgan fingerprint density at radius 3 is 3.06 bits per heavy atom. The Hall–Kier alpha value is -1.97. The zero-order chi connectivity index (χ0) is 11.1. The van der Waals surface area contributed by atoms with Gasteiger partial charge in [-0.2, -0.15) is 0 Å². The molecule has 2 aromatic rings. The van der Waals surface area contributed by atoms with Crippen molar-refractivity contribution in [1.29, 1.82) is 0 Å². The van der Waals surface area contributed by atoms with E-state index in [2.05, 4.69) is 4.98 Å². The topological polar surface area (TPSA) is 34.9 Å². The third-order valence-electron chi connectivity index (χ3n) is 2.94. The first kappa shape index (κ1) is 9.27. The van der Waals surface area contributed by atoms with E-state index in [1.165, 1.54) is 6.07 Å². The van der Waals surface area contributed by atoms with Gasteiger partial charge < -0.3 is 4.57 Å². The molecule has 0 fully saturated rings. The van der Waals surface area contributed by atoms with Gasteiger partial charge in [0, 0.05) is 0 Å². The monoisotopic (exact) mass is 216 g/mol. The predicted molar refractivity (Wildman–Crippen MR) is 56.3 cm³/mol. The molecule has 0 N–H and O–H groups in total. The van der Waals surface area contributed by atoms with Gasteiger partial charge in [0.15, 0.2) is 6.29 Å². The third kappa shape index (κ3) is 1.19. The Balaban J connectivity index is 2.23. The van der Waals surface area contributed by atoms with Gasteiger partial charge in [0.2, 0.25) is 0 Å². The summed E-state index contributed by atoms with van der Waals surface area (Å²) in [6, 6.07) is 4.69. The van der Waals surface area contributed by atoms with E-state index in [1.54, 1.807) is 18.5 Å². The number of imidazole rings is 1. The molecule has 0 saturated carbocycles. The van der Waals surface area contributed by atoms with Crippen molar-refractivity contribution in [1.82, 2.24) is 9.55 Å². The molecular weight excluding hydrogens is 207 g/mol. The molecule has 0 bridgehead atoms. The van der Waals surface area contributed by atoms with Crippen LogP contribution in [-0.4, -0.2) is 15.8 Å². The normalized spacial score (nSPS) is 13.1. The molecule has 16 heavy (non-hydrogen) atoms. The van der Waals surface area contributed by atoms with Crippen molar-refractivity contribution < 1.29 is 9.18 Å². The summed E-state index contributed by atoms with van der Waals surface area (Å²) in [4.78, 5) is 14.8. The number of halogens is 1. The Morgan fingerprint density at radius 2 is 2.25 bits per heavy atom. The first-order valence-corrected chi connectivity index (χ1v) is 5.10. The fourth-order valence-corrected chi connectivity index (χ4v) is 2.18. The van der Waals surface area contributed by atoms with Crippen molar-refractivity contribution in [3.8, 4) is 5.69 Å². The van der Waals surface area contributed by atoms with Crippen molar-refractivity contribution in [2.75, 3.05) is 0 Å². The first-order valence-electron chi connectivity index (χ1n) is 5.10. The maximum atomic E-state index is 13.1. The Morgan fingerprint density at radius 1 is 1.38 bits per heavy atom. The summed E-state index contributed by atoms with van der Waals surface area (Å²) in [7, 11) is 0. The standard InChI is InChI=1S/C12H9FN2O/c13-9-2-4-11-8(5-9)1-3-12-10(6-16)14-7-15(11)12/h2,4-7H,1,3H2. The Kier molecular flexibility index (Phi) is 1.89. The van der Waals surface area contributed by atoms with Crippen LogP contribution in [0.15, 0.2) is 24.5 Å². The second-order valence-corrected chi connectivity index (χ2v) is 3.84. The Labute approximate surface area is 91.5 Å². The largest absolute Gasteiger partial charge is 0.302 e. The molecule has 0 spiro atoms. The van der Waals surface area contributed by atoms with Crippen LogP contribution < -0.4 is 0 Å². The molecule has 0 amide bonds. The van der Waals surface area contributed by atoms with E-state index in [4.69, 9.17) is 0 Å². The van der Waals surface area contributed by atoms with E-state index in [0.29, 0.717) is 5.69 Å². The average molecular weight is 216 g/mol. The molecule has 1 aromatic heterocycles. The number of hydrogen-bond acceptors (Lipinski definition) is 2. The lowest BCUT2D eigenvalue weighted by Crippen LogP contribution is -2.12. The Bertz CT molecular complexity index is 574. The summed E-state index contributed by atoms with van der Waals surface area (Å²) in [6.45, 7) is 0. The summed E-state index contributed by atoms with van der Waals surface area (Å²) in [5.74, 6) is -0.224. The number of aromatic nitrogens is 2. The summed E-state index contributed by atoms with van der Waals surface area (Å²) in [5, 5.41) is 0.